The Morgan fingerprint density at radius 3 is 2.27 bits per heavy atom. The van der Waals surface area contributed by atoms with Crippen LogP contribution >= 0.6 is 11.6 Å². The van der Waals surface area contributed by atoms with E-state index in [1.165, 1.54) is 4.68 Å². The fourth-order valence-corrected chi connectivity index (χ4v) is 3.81. The topological polar surface area (TPSA) is 38.1 Å². The third kappa shape index (κ3) is 4.07. The second kappa shape index (κ2) is 8.14. The van der Waals surface area contributed by atoms with Gasteiger partial charge in [-0.1, -0.05) is 35.9 Å². The molecule has 2 heterocycles. The number of piperidine rings is 1. The molecule has 4 rings (SSSR count). The highest BCUT2D eigenvalue weighted by atomic mass is 35.5. The third-order valence-electron chi connectivity index (χ3n) is 5.15. The predicted molar refractivity (Wildman–Crippen MR) is 109 cm³/mol. The van der Waals surface area contributed by atoms with Gasteiger partial charge in [0.25, 0.3) is 5.91 Å². The molecule has 1 aliphatic rings. The number of halogens is 4. The van der Waals surface area contributed by atoms with E-state index < -0.39 is 11.9 Å². The van der Waals surface area contributed by atoms with Crippen LogP contribution in [-0.4, -0.2) is 33.7 Å². The zero-order chi connectivity index (χ0) is 21.3. The molecule has 3 aromatic rings. The average molecular weight is 434 g/mol. The van der Waals surface area contributed by atoms with Gasteiger partial charge in [0, 0.05) is 24.2 Å². The number of amides is 1. The van der Waals surface area contributed by atoms with Gasteiger partial charge in [0.1, 0.15) is 0 Å². The Balaban J connectivity index is 1.72. The summed E-state index contributed by atoms with van der Waals surface area (Å²) in [5.74, 6) is -0.0585. The molecule has 0 N–H and O–H groups in total. The maximum absolute atomic E-state index is 13.3. The first kappa shape index (κ1) is 20.5. The largest absolute Gasteiger partial charge is 0.435 e. The number of alkyl halides is 3. The molecule has 0 saturated carbocycles. The van der Waals surface area contributed by atoms with Gasteiger partial charge in [-0.05, 0) is 49.6 Å². The molecule has 0 bridgehead atoms. The van der Waals surface area contributed by atoms with Crippen molar-refractivity contribution in [1.29, 1.82) is 0 Å². The molecule has 0 atom stereocenters. The summed E-state index contributed by atoms with van der Waals surface area (Å²) < 4.78 is 41.2. The number of benzene rings is 2. The van der Waals surface area contributed by atoms with Crippen molar-refractivity contribution in [1.82, 2.24) is 14.7 Å². The number of nitrogens with zero attached hydrogens (tertiary/aromatic N) is 3. The van der Waals surface area contributed by atoms with E-state index in [-0.39, 0.29) is 16.6 Å². The van der Waals surface area contributed by atoms with Gasteiger partial charge in [0.05, 0.1) is 16.4 Å². The SMILES string of the molecule is O=C(c1ccc(-c2cc(C(F)(F)F)nn2-c2ccccc2Cl)cc1)N1CCCCC1. The minimum atomic E-state index is -4.59. The Labute approximate surface area is 176 Å². The molecule has 0 unspecified atom stereocenters. The number of carbonyl (C=O) groups excluding carboxylic acids is 1. The maximum atomic E-state index is 13.3. The van der Waals surface area contributed by atoms with Crippen molar-refractivity contribution in [3.8, 4) is 16.9 Å². The molecule has 1 fully saturated rings. The van der Waals surface area contributed by atoms with Crippen LogP contribution < -0.4 is 0 Å². The Morgan fingerprint density at radius 1 is 0.967 bits per heavy atom. The highest BCUT2D eigenvalue weighted by Crippen LogP contribution is 2.34. The maximum Gasteiger partial charge on any atom is 0.435 e. The van der Waals surface area contributed by atoms with Crippen molar-refractivity contribution >= 4 is 17.5 Å². The Hall–Kier alpha value is -2.80. The minimum Gasteiger partial charge on any atom is -0.339 e. The summed E-state index contributed by atoms with van der Waals surface area (Å²) in [6.07, 6.45) is -1.50. The van der Waals surface area contributed by atoms with Crippen LogP contribution in [0, 0.1) is 0 Å². The molecule has 0 spiro atoms. The molecular weight excluding hydrogens is 415 g/mol. The van der Waals surface area contributed by atoms with E-state index in [9.17, 15) is 18.0 Å². The van der Waals surface area contributed by atoms with Gasteiger partial charge in [-0.15, -0.1) is 0 Å². The van der Waals surface area contributed by atoms with Crippen molar-refractivity contribution in [2.45, 2.75) is 25.4 Å². The van der Waals surface area contributed by atoms with E-state index in [1.807, 2.05) is 4.90 Å². The van der Waals surface area contributed by atoms with Crippen LogP contribution in [0.2, 0.25) is 5.02 Å². The van der Waals surface area contributed by atoms with E-state index in [4.69, 9.17) is 11.6 Å². The summed E-state index contributed by atoms with van der Waals surface area (Å²) in [6.45, 7) is 1.46. The predicted octanol–water partition coefficient (Wildman–Crippen LogP) is 5.84. The van der Waals surface area contributed by atoms with Crippen LogP contribution in [0.4, 0.5) is 13.2 Å². The number of rotatable bonds is 3. The normalized spacial score (nSPS) is 14.7. The number of carbonyl (C=O) groups is 1. The Morgan fingerprint density at radius 2 is 1.63 bits per heavy atom. The Bertz CT molecular complexity index is 1050. The van der Waals surface area contributed by atoms with Crippen LogP contribution in [0.25, 0.3) is 16.9 Å². The first-order chi connectivity index (χ1) is 14.3. The molecule has 1 aliphatic heterocycles. The first-order valence-electron chi connectivity index (χ1n) is 9.66. The molecule has 2 aromatic carbocycles. The average Bonchev–Trinajstić information content (AvgIpc) is 3.20. The molecule has 1 amide bonds. The zero-order valence-corrected chi connectivity index (χ0v) is 16.7. The van der Waals surface area contributed by atoms with E-state index >= 15 is 0 Å². The molecule has 30 heavy (non-hydrogen) atoms. The summed E-state index contributed by atoms with van der Waals surface area (Å²) in [6, 6.07) is 14.1. The summed E-state index contributed by atoms with van der Waals surface area (Å²) >= 11 is 6.20. The van der Waals surface area contributed by atoms with Crippen LogP contribution in [0.1, 0.15) is 35.3 Å². The van der Waals surface area contributed by atoms with E-state index in [2.05, 4.69) is 5.10 Å². The van der Waals surface area contributed by atoms with Crippen molar-refractivity contribution < 1.29 is 18.0 Å². The molecule has 8 heteroatoms. The van der Waals surface area contributed by atoms with Gasteiger partial charge in [0.2, 0.25) is 0 Å². The lowest BCUT2D eigenvalue weighted by molar-refractivity contribution is -0.141. The summed E-state index contributed by atoms with van der Waals surface area (Å²) in [7, 11) is 0. The lowest BCUT2D eigenvalue weighted by atomic mass is 10.1. The monoisotopic (exact) mass is 433 g/mol. The quantitative estimate of drug-likeness (QED) is 0.520. The smallest absolute Gasteiger partial charge is 0.339 e. The van der Waals surface area contributed by atoms with Crippen LogP contribution in [0.15, 0.2) is 54.6 Å². The molecule has 156 valence electrons. The summed E-state index contributed by atoms with van der Waals surface area (Å²) in [4.78, 5) is 14.5. The van der Waals surface area contributed by atoms with Gasteiger partial charge in [-0.3, -0.25) is 4.79 Å². The van der Waals surface area contributed by atoms with E-state index in [0.717, 1.165) is 38.4 Å². The lowest BCUT2D eigenvalue weighted by Gasteiger charge is -2.26. The number of likely N-dealkylation sites (tertiary alicyclic amines) is 1. The fraction of sp³-hybridized carbons (Fsp3) is 0.273. The lowest BCUT2D eigenvalue weighted by Crippen LogP contribution is -2.35. The first-order valence-corrected chi connectivity index (χ1v) is 10.0. The van der Waals surface area contributed by atoms with Gasteiger partial charge < -0.3 is 4.90 Å². The highest BCUT2D eigenvalue weighted by molar-refractivity contribution is 6.32. The van der Waals surface area contributed by atoms with Crippen LogP contribution in [-0.2, 0) is 6.18 Å². The molecule has 1 aromatic heterocycles. The summed E-state index contributed by atoms with van der Waals surface area (Å²) in [5.41, 5.74) is 0.602. The molecule has 4 nitrogen and oxygen atoms in total. The van der Waals surface area contributed by atoms with Crippen LogP contribution in [0.5, 0.6) is 0 Å². The van der Waals surface area contributed by atoms with Crippen LogP contribution in [0.3, 0.4) is 0 Å². The molecule has 0 radical (unpaired) electrons. The van der Waals surface area contributed by atoms with Gasteiger partial charge in [-0.2, -0.15) is 18.3 Å². The van der Waals surface area contributed by atoms with Crippen molar-refractivity contribution in [3.05, 3.63) is 70.9 Å². The van der Waals surface area contributed by atoms with Gasteiger partial charge in [0.15, 0.2) is 5.69 Å². The number of para-hydroxylation sites is 1. The van der Waals surface area contributed by atoms with Crippen molar-refractivity contribution in [2.75, 3.05) is 13.1 Å². The molecule has 0 aliphatic carbocycles. The fourth-order valence-electron chi connectivity index (χ4n) is 3.60. The molecule has 1 saturated heterocycles. The second-order valence-corrected chi connectivity index (χ2v) is 7.61. The van der Waals surface area contributed by atoms with Gasteiger partial charge >= 0.3 is 6.18 Å². The third-order valence-corrected chi connectivity index (χ3v) is 5.47. The number of aromatic nitrogens is 2. The standard InChI is InChI=1S/C22H19ClF3N3O/c23-17-6-2-3-7-18(17)29-19(14-20(27-29)22(24,25)26)15-8-10-16(11-9-15)21(30)28-12-4-1-5-13-28/h2-3,6-11,14H,1,4-5,12-13H2. The van der Waals surface area contributed by atoms with E-state index in [1.54, 1.807) is 48.5 Å². The van der Waals surface area contributed by atoms with Gasteiger partial charge in [-0.25, -0.2) is 4.68 Å². The highest BCUT2D eigenvalue weighted by Gasteiger charge is 2.35. The van der Waals surface area contributed by atoms with E-state index in [0.29, 0.717) is 16.8 Å². The molecular formula is C22H19ClF3N3O. The van der Waals surface area contributed by atoms with Crippen molar-refractivity contribution in [2.24, 2.45) is 0 Å². The van der Waals surface area contributed by atoms with Crippen molar-refractivity contribution in [3.63, 3.8) is 0 Å². The zero-order valence-electron chi connectivity index (χ0n) is 16.0. The summed E-state index contributed by atoms with van der Waals surface area (Å²) in [5, 5.41) is 4.04. The minimum absolute atomic E-state index is 0.0585. The second-order valence-electron chi connectivity index (χ2n) is 7.21. The number of hydrogen-bond donors (Lipinski definition) is 0. The Kier molecular flexibility index (Phi) is 5.56. The number of hydrogen-bond acceptors (Lipinski definition) is 2.